The van der Waals surface area contributed by atoms with Crippen LogP contribution < -0.4 is 5.32 Å². The van der Waals surface area contributed by atoms with Crippen molar-refractivity contribution in [1.29, 1.82) is 0 Å². The van der Waals surface area contributed by atoms with Gasteiger partial charge in [-0.05, 0) is 25.8 Å². The number of benzene rings is 1. The summed E-state index contributed by atoms with van der Waals surface area (Å²) in [5.74, 6) is 0.923. The Bertz CT molecular complexity index is 589. The van der Waals surface area contributed by atoms with Gasteiger partial charge in [0.1, 0.15) is 18.0 Å². The minimum absolute atomic E-state index is 0.0625. The number of nitrogens with one attached hydrogen (secondary N) is 1. The summed E-state index contributed by atoms with van der Waals surface area (Å²) in [5.41, 5.74) is 2.16. The Morgan fingerprint density at radius 3 is 2.90 bits per heavy atom. The number of furan rings is 1. The third kappa shape index (κ3) is 3.64. The molecule has 1 saturated carbocycles. The van der Waals surface area contributed by atoms with E-state index in [0.717, 1.165) is 17.9 Å². The van der Waals surface area contributed by atoms with Crippen molar-refractivity contribution in [3.63, 3.8) is 0 Å². The number of ether oxygens (including phenoxy) is 2. The molecule has 4 heteroatoms. The summed E-state index contributed by atoms with van der Waals surface area (Å²) >= 11 is 0. The number of methoxy groups -OCH3 is 1. The molecule has 0 amide bonds. The highest BCUT2D eigenvalue weighted by atomic mass is 16.5. The third-order valence-electron chi connectivity index (χ3n) is 3.83. The van der Waals surface area contributed by atoms with Crippen LogP contribution >= 0.6 is 0 Å². The van der Waals surface area contributed by atoms with Gasteiger partial charge >= 0.3 is 0 Å². The van der Waals surface area contributed by atoms with Gasteiger partial charge in [0.2, 0.25) is 0 Å². The molecule has 0 radical (unpaired) electrons. The minimum atomic E-state index is 0.0625. The molecule has 1 aliphatic rings. The number of hydrogen-bond donors (Lipinski definition) is 1. The van der Waals surface area contributed by atoms with Crippen molar-refractivity contribution < 1.29 is 13.9 Å². The largest absolute Gasteiger partial charge is 0.458 e. The van der Waals surface area contributed by atoms with E-state index in [9.17, 15) is 0 Å². The number of para-hydroxylation sites is 1. The number of rotatable bonds is 8. The van der Waals surface area contributed by atoms with Gasteiger partial charge in [-0.3, -0.25) is 0 Å². The van der Waals surface area contributed by atoms with E-state index in [4.69, 9.17) is 13.9 Å². The molecule has 1 aromatic carbocycles. The van der Waals surface area contributed by atoms with Gasteiger partial charge in [-0.25, -0.2) is 0 Å². The normalized spacial score (nSPS) is 16.5. The molecule has 1 atom stereocenters. The molecule has 1 aromatic heterocycles. The van der Waals surface area contributed by atoms with Gasteiger partial charge in [0.25, 0.3) is 0 Å². The highest BCUT2D eigenvalue weighted by molar-refractivity contribution is 5.82. The van der Waals surface area contributed by atoms with E-state index in [1.165, 1.54) is 23.8 Å². The summed E-state index contributed by atoms with van der Waals surface area (Å²) in [7, 11) is 1.69. The third-order valence-corrected chi connectivity index (χ3v) is 3.83. The first-order chi connectivity index (χ1) is 10.3. The van der Waals surface area contributed by atoms with Gasteiger partial charge in [0, 0.05) is 30.6 Å². The lowest BCUT2D eigenvalue weighted by atomic mass is 10.1. The Morgan fingerprint density at radius 2 is 2.14 bits per heavy atom. The van der Waals surface area contributed by atoms with Crippen LogP contribution in [0.1, 0.15) is 31.1 Å². The Morgan fingerprint density at radius 1 is 1.33 bits per heavy atom. The standard InChI is InChI=1S/C17H23NO3/c1-12(10-19-2)20-11-17-15(9-18-13-7-8-13)14-5-3-4-6-16(14)21-17/h3-6,12-13,18H,7-11H2,1-2H3. The molecule has 0 saturated heterocycles. The molecule has 0 aliphatic heterocycles. The van der Waals surface area contributed by atoms with Gasteiger partial charge in [0.05, 0.1) is 12.7 Å². The maximum absolute atomic E-state index is 5.97. The quantitative estimate of drug-likeness (QED) is 0.810. The molecule has 3 rings (SSSR count). The maximum atomic E-state index is 5.97. The topological polar surface area (TPSA) is 43.6 Å². The molecule has 114 valence electrons. The van der Waals surface area contributed by atoms with Gasteiger partial charge in [-0.2, -0.15) is 0 Å². The van der Waals surface area contributed by atoms with E-state index in [1.54, 1.807) is 7.11 Å². The molecule has 0 bridgehead atoms. The molecule has 2 aromatic rings. The van der Waals surface area contributed by atoms with E-state index in [0.29, 0.717) is 19.3 Å². The summed E-state index contributed by atoms with van der Waals surface area (Å²) < 4.78 is 16.9. The molecule has 1 fully saturated rings. The average Bonchev–Trinajstić information content (AvgIpc) is 3.24. The van der Waals surface area contributed by atoms with E-state index in [2.05, 4.69) is 17.4 Å². The van der Waals surface area contributed by atoms with E-state index in [1.807, 2.05) is 19.1 Å². The maximum Gasteiger partial charge on any atom is 0.135 e. The fourth-order valence-corrected chi connectivity index (χ4v) is 2.49. The molecular weight excluding hydrogens is 266 g/mol. The van der Waals surface area contributed by atoms with Crippen molar-refractivity contribution in [1.82, 2.24) is 5.32 Å². The molecule has 0 spiro atoms. The van der Waals surface area contributed by atoms with E-state index in [-0.39, 0.29) is 6.10 Å². The zero-order valence-electron chi connectivity index (χ0n) is 12.7. The summed E-state index contributed by atoms with van der Waals surface area (Å²) in [6.07, 6.45) is 2.63. The molecule has 1 N–H and O–H groups in total. The first-order valence-corrected chi connectivity index (χ1v) is 7.61. The molecule has 4 nitrogen and oxygen atoms in total. The SMILES string of the molecule is COCC(C)OCc1oc2ccccc2c1CNC1CC1. The Labute approximate surface area is 125 Å². The second-order valence-corrected chi connectivity index (χ2v) is 5.73. The van der Waals surface area contributed by atoms with Crippen molar-refractivity contribution >= 4 is 11.0 Å². The lowest BCUT2D eigenvalue weighted by molar-refractivity contribution is -0.00628. The van der Waals surface area contributed by atoms with E-state index >= 15 is 0 Å². The van der Waals surface area contributed by atoms with Crippen LogP contribution in [-0.4, -0.2) is 25.9 Å². The summed E-state index contributed by atoms with van der Waals surface area (Å²) in [5, 5.41) is 4.75. The van der Waals surface area contributed by atoms with Crippen LogP contribution in [0.3, 0.4) is 0 Å². The second kappa shape index (κ2) is 6.60. The predicted molar refractivity (Wildman–Crippen MR) is 82.2 cm³/mol. The number of hydrogen-bond acceptors (Lipinski definition) is 4. The molecular formula is C17H23NO3. The zero-order chi connectivity index (χ0) is 14.7. The lowest BCUT2D eigenvalue weighted by Gasteiger charge is -2.11. The van der Waals surface area contributed by atoms with Crippen LogP contribution in [0.15, 0.2) is 28.7 Å². The summed E-state index contributed by atoms with van der Waals surface area (Å²) in [4.78, 5) is 0. The Hall–Kier alpha value is -1.36. The van der Waals surface area contributed by atoms with Crippen LogP contribution in [-0.2, 0) is 22.6 Å². The van der Waals surface area contributed by atoms with Crippen molar-refractivity contribution in [2.24, 2.45) is 0 Å². The van der Waals surface area contributed by atoms with Gasteiger partial charge in [-0.15, -0.1) is 0 Å². The van der Waals surface area contributed by atoms with Crippen LogP contribution in [0.5, 0.6) is 0 Å². The van der Waals surface area contributed by atoms with Crippen molar-refractivity contribution in [2.45, 2.75) is 45.1 Å². The monoisotopic (exact) mass is 289 g/mol. The zero-order valence-corrected chi connectivity index (χ0v) is 12.7. The Balaban J connectivity index is 1.76. The highest BCUT2D eigenvalue weighted by Gasteiger charge is 2.22. The lowest BCUT2D eigenvalue weighted by Crippen LogP contribution is -2.17. The highest BCUT2D eigenvalue weighted by Crippen LogP contribution is 2.28. The Kier molecular flexibility index (Phi) is 4.58. The van der Waals surface area contributed by atoms with Crippen molar-refractivity contribution in [3.8, 4) is 0 Å². The first kappa shape index (κ1) is 14.6. The summed E-state index contributed by atoms with van der Waals surface area (Å²) in [6, 6.07) is 8.86. The fourth-order valence-electron chi connectivity index (χ4n) is 2.49. The average molecular weight is 289 g/mol. The molecule has 21 heavy (non-hydrogen) atoms. The van der Waals surface area contributed by atoms with Crippen LogP contribution in [0.2, 0.25) is 0 Å². The molecule has 1 unspecified atom stereocenters. The molecule has 1 heterocycles. The van der Waals surface area contributed by atoms with Gasteiger partial charge in [0.15, 0.2) is 0 Å². The number of fused-ring (bicyclic) bond motifs is 1. The van der Waals surface area contributed by atoms with Crippen molar-refractivity contribution in [2.75, 3.05) is 13.7 Å². The van der Waals surface area contributed by atoms with Gasteiger partial charge in [-0.1, -0.05) is 18.2 Å². The van der Waals surface area contributed by atoms with E-state index < -0.39 is 0 Å². The predicted octanol–water partition coefficient (Wildman–Crippen LogP) is 3.24. The van der Waals surface area contributed by atoms with Crippen LogP contribution in [0.25, 0.3) is 11.0 Å². The minimum Gasteiger partial charge on any atom is -0.458 e. The first-order valence-electron chi connectivity index (χ1n) is 7.61. The van der Waals surface area contributed by atoms with Crippen LogP contribution in [0, 0.1) is 0 Å². The van der Waals surface area contributed by atoms with Crippen molar-refractivity contribution in [3.05, 3.63) is 35.6 Å². The molecule has 1 aliphatic carbocycles. The van der Waals surface area contributed by atoms with Gasteiger partial charge < -0.3 is 19.2 Å². The smallest absolute Gasteiger partial charge is 0.135 e. The second-order valence-electron chi connectivity index (χ2n) is 5.73. The fraction of sp³-hybridized carbons (Fsp3) is 0.529. The van der Waals surface area contributed by atoms with Crippen LogP contribution in [0.4, 0.5) is 0 Å². The summed E-state index contributed by atoms with van der Waals surface area (Å²) in [6.45, 7) is 3.93.